The Balaban J connectivity index is 2.23. The topological polar surface area (TPSA) is 53.2 Å². The molecule has 0 radical (unpaired) electrons. The number of rotatable bonds is 4. The molecule has 0 saturated heterocycles. The smallest absolute Gasteiger partial charge is 0.125 e. The van der Waals surface area contributed by atoms with Crippen LogP contribution >= 0.6 is 0 Å². The van der Waals surface area contributed by atoms with Crippen LogP contribution in [0.3, 0.4) is 0 Å². The minimum absolute atomic E-state index is 0.312. The van der Waals surface area contributed by atoms with Crippen LogP contribution in [0.5, 0.6) is 5.75 Å². The molecular formula is C17H17NO2. The Morgan fingerprint density at radius 2 is 2.00 bits per heavy atom. The maximum absolute atomic E-state index is 9.76. The highest BCUT2D eigenvalue weighted by Gasteiger charge is 2.10. The van der Waals surface area contributed by atoms with Crippen LogP contribution < -0.4 is 4.74 Å². The van der Waals surface area contributed by atoms with E-state index in [0.717, 1.165) is 16.7 Å². The van der Waals surface area contributed by atoms with E-state index in [2.05, 4.69) is 6.07 Å². The predicted molar refractivity (Wildman–Crippen MR) is 77.3 cm³/mol. The molecule has 0 saturated carbocycles. The summed E-state index contributed by atoms with van der Waals surface area (Å²) in [5.41, 5.74) is 3.27. The summed E-state index contributed by atoms with van der Waals surface area (Å²) in [5.74, 6) is 0.660. The van der Waals surface area contributed by atoms with Crippen LogP contribution in [0.4, 0.5) is 0 Å². The number of ether oxygens (including phenoxy) is 1. The van der Waals surface area contributed by atoms with Gasteiger partial charge in [0, 0.05) is 11.1 Å². The van der Waals surface area contributed by atoms with Gasteiger partial charge < -0.3 is 9.84 Å². The second-order valence-corrected chi connectivity index (χ2v) is 4.77. The van der Waals surface area contributed by atoms with Crippen molar-refractivity contribution in [3.63, 3.8) is 0 Å². The first-order chi connectivity index (χ1) is 9.61. The van der Waals surface area contributed by atoms with Gasteiger partial charge in [0.2, 0.25) is 0 Å². The van der Waals surface area contributed by atoms with E-state index in [0.29, 0.717) is 17.9 Å². The molecule has 0 fully saturated rings. The van der Waals surface area contributed by atoms with Gasteiger partial charge in [-0.15, -0.1) is 0 Å². The SMILES string of the molecule is Cc1ccc([C@@H](C)O)c(OCc2ccccc2C#N)c1. The molecule has 3 nitrogen and oxygen atoms in total. The first kappa shape index (κ1) is 14.1. The molecule has 1 N–H and O–H groups in total. The van der Waals surface area contributed by atoms with Gasteiger partial charge in [0.15, 0.2) is 0 Å². The monoisotopic (exact) mass is 267 g/mol. The first-order valence-electron chi connectivity index (χ1n) is 6.51. The number of aryl methyl sites for hydroxylation is 1. The molecule has 0 bridgehead atoms. The van der Waals surface area contributed by atoms with Gasteiger partial charge in [0.1, 0.15) is 12.4 Å². The van der Waals surface area contributed by atoms with Crippen LogP contribution in [0.15, 0.2) is 42.5 Å². The van der Waals surface area contributed by atoms with Gasteiger partial charge in [0.05, 0.1) is 17.7 Å². The number of hydrogen-bond donors (Lipinski definition) is 1. The van der Waals surface area contributed by atoms with Crippen molar-refractivity contribution in [2.24, 2.45) is 0 Å². The number of benzene rings is 2. The van der Waals surface area contributed by atoms with Crippen molar-refractivity contribution in [3.05, 3.63) is 64.7 Å². The molecule has 2 aromatic carbocycles. The molecular weight excluding hydrogens is 250 g/mol. The summed E-state index contributed by atoms with van der Waals surface area (Å²) in [6.07, 6.45) is -0.586. The van der Waals surface area contributed by atoms with Gasteiger partial charge in [-0.25, -0.2) is 0 Å². The third kappa shape index (κ3) is 3.17. The Morgan fingerprint density at radius 3 is 2.70 bits per heavy atom. The van der Waals surface area contributed by atoms with Gasteiger partial charge in [-0.1, -0.05) is 30.3 Å². The Labute approximate surface area is 119 Å². The summed E-state index contributed by atoms with van der Waals surface area (Å²) >= 11 is 0. The molecule has 102 valence electrons. The quantitative estimate of drug-likeness (QED) is 0.922. The molecule has 0 aliphatic carbocycles. The maximum atomic E-state index is 9.76. The lowest BCUT2D eigenvalue weighted by atomic mass is 10.1. The highest BCUT2D eigenvalue weighted by Crippen LogP contribution is 2.27. The lowest BCUT2D eigenvalue weighted by molar-refractivity contribution is 0.190. The highest BCUT2D eigenvalue weighted by molar-refractivity contribution is 5.40. The number of aliphatic hydroxyl groups is 1. The number of aliphatic hydroxyl groups excluding tert-OH is 1. The summed E-state index contributed by atoms with van der Waals surface area (Å²) in [7, 11) is 0. The van der Waals surface area contributed by atoms with Crippen molar-refractivity contribution in [1.29, 1.82) is 5.26 Å². The third-order valence-electron chi connectivity index (χ3n) is 3.14. The van der Waals surface area contributed by atoms with Crippen molar-refractivity contribution < 1.29 is 9.84 Å². The summed E-state index contributed by atoms with van der Waals surface area (Å²) in [4.78, 5) is 0. The highest BCUT2D eigenvalue weighted by atomic mass is 16.5. The van der Waals surface area contributed by atoms with E-state index in [1.54, 1.807) is 13.0 Å². The minimum Gasteiger partial charge on any atom is -0.488 e. The fourth-order valence-electron chi connectivity index (χ4n) is 2.02. The van der Waals surface area contributed by atoms with Gasteiger partial charge in [-0.05, 0) is 31.5 Å². The van der Waals surface area contributed by atoms with E-state index in [1.807, 2.05) is 43.3 Å². The molecule has 0 unspecified atom stereocenters. The van der Waals surface area contributed by atoms with Crippen LogP contribution in [0.1, 0.15) is 35.3 Å². The lowest BCUT2D eigenvalue weighted by Gasteiger charge is -2.14. The van der Waals surface area contributed by atoms with Crippen molar-refractivity contribution in [3.8, 4) is 11.8 Å². The number of nitrogens with zero attached hydrogens (tertiary/aromatic N) is 1. The zero-order chi connectivity index (χ0) is 14.5. The third-order valence-corrected chi connectivity index (χ3v) is 3.14. The van der Waals surface area contributed by atoms with Gasteiger partial charge in [-0.3, -0.25) is 0 Å². The van der Waals surface area contributed by atoms with E-state index in [1.165, 1.54) is 0 Å². The molecule has 0 aromatic heterocycles. The number of hydrogen-bond acceptors (Lipinski definition) is 3. The molecule has 0 aliphatic rings. The molecule has 3 heteroatoms. The van der Waals surface area contributed by atoms with Crippen molar-refractivity contribution >= 4 is 0 Å². The summed E-state index contributed by atoms with van der Waals surface area (Å²) in [5, 5.41) is 18.8. The fraction of sp³-hybridized carbons (Fsp3) is 0.235. The molecule has 0 aliphatic heterocycles. The Bertz CT molecular complexity index is 642. The molecule has 1 atom stereocenters. The van der Waals surface area contributed by atoms with Crippen LogP contribution in [0.2, 0.25) is 0 Å². The van der Waals surface area contributed by atoms with E-state index in [4.69, 9.17) is 10.00 Å². The van der Waals surface area contributed by atoms with Crippen LogP contribution in [0.25, 0.3) is 0 Å². The Hall–Kier alpha value is -2.31. The van der Waals surface area contributed by atoms with Crippen molar-refractivity contribution in [1.82, 2.24) is 0 Å². The second kappa shape index (κ2) is 6.23. The van der Waals surface area contributed by atoms with E-state index in [-0.39, 0.29) is 0 Å². The van der Waals surface area contributed by atoms with E-state index >= 15 is 0 Å². The summed E-state index contributed by atoms with van der Waals surface area (Å²) in [6.45, 7) is 4.00. The maximum Gasteiger partial charge on any atom is 0.125 e. The Kier molecular flexibility index (Phi) is 4.39. The van der Waals surface area contributed by atoms with Crippen LogP contribution in [-0.4, -0.2) is 5.11 Å². The summed E-state index contributed by atoms with van der Waals surface area (Å²) < 4.78 is 5.80. The molecule has 0 heterocycles. The molecule has 0 amide bonds. The predicted octanol–water partition coefficient (Wildman–Crippen LogP) is 3.50. The second-order valence-electron chi connectivity index (χ2n) is 4.77. The average molecular weight is 267 g/mol. The van der Waals surface area contributed by atoms with E-state index in [9.17, 15) is 5.11 Å². The molecule has 20 heavy (non-hydrogen) atoms. The largest absolute Gasteiger partial charge is 0.488 e. The average Bonchev–Trinajstić information content (AvgIpc) is 2.45. The van der Waals surface area contributed by atoms with Crippen LogP contribution in [0, 0.1) is 18.3 Å². The standard InChI is InChI=1S/C17H17NO2/c1-12-7-8-16(13(2)19)17(9-12)20-11-15-6-4-3-5-14(15)10-18/h3-9,13,19H,11H2,1-2H3/t13-/m1/s1. The fourth-order valence-corrected chi connectivity index (χ4v) is 2.02. The molecule has 0 spiro atoms. The van der Waals surface area contributed by atoms with Crippen LogP contribution in [-0.2, 0) is 6.61 Å². The zero-order valence-electron chi connectivity index (χ0n) is 11.6. The number of nitriles is 1. The zero-order valence-corrected chi connectivity index (χ0v) is 11.6. The lowest BCUT2D eigenvalue weighted by Crippen LogP contribution is -2.02. The van der Waals surface area contributed by atoms with Crippen molar-refractivity contribution in [2.45, 2.75) is 26.6 Å². The first-order valence-corrected chi connectivity index (χ1v) is 6.51. The minimum atomic E-state index is -0.586. The summed E-state index contributed by atoms with van der Waals surface area (Å²) in [6, 6.07) is 15.2. The normalized spacial score (nSPS) is 11.7. The molecule has 2 rings (SSSR count). The van der Waals surface area contributed by atoms with E-state index < -0.39 is 6.10 Å². The van der Waals surface area contributed by atoms with Gasteiger partial charge in [-0.2, -0.15) is 5.26 Å². The van der Waals surface area contributed by atoms with Gasteiger partial charge >= 0.3 is 0 Å². The van der Waals surface area contributed by atoms with Gasteiger partial charge in [0.25, 0.3) is 0 Å². The Morgan fingerprint density at radius 1 is 1.25 bits per heavy atom. The molecule has 2 aromatic rings. The van der Waals surface area contributed by atoms with Crippen molar-refractivity contribution in [2.75, 3.05) is 0 Å².